The number of hydrogen-bond donors (Lipinski definition) is 2. The number of nitro benzene ring substituents is 1. The number of phenols is 2. The lowest BCUT2D eigenvalue weighted by molar-refractivity contribution is -0.385. The van der Waals surface area contributed by atoms with Crippen molar-refractivity contribution in [3.63, 3.8) is 0 Å². The van der Waals surface area contributed by atoms with Crippen LogP contribution in [0.25, 0.3) is 0 Å². The van der Waals surface area contributed by atoms with E-state index in [0.29, 0.717) is 4.47 Å². The summed E-state index contributed by atoms with van der Waals surface area (Å²) in [4.78, 5) is 10.4. The standard InChI is InChI=1S/C12H7Br2NO5/c13-6-1-2-11(8(3-6)15(18)19)20-7-4-9(16)12(14)10(17)5-7/h1-5,16-17H. The average molecular weight is 405 g/mol. The molecule has 0 bridgehead atoms. The molecule has 20 heavy (non-hydrogen) atoms. The number of benzene rings is 2. The first-order chi connectivity index (χ1) is 9.38. The fourth-order valence-electron chi connectivity index (χ4n) is 1.47. The summed E-state index contributed by atoms with van der Waals surface area (Å²) in [7, 11) is 0. The van der Waals surface area contributed by atoms with Crippen LogP contribution in [0, 0.1) is 10.1 Å². The summed E-state index contributed by atoms with van der Waals surface area (Å²) in [5.74, 6) is -0.396. The molecule has 0 aliphatic rings. The largest absolute Gasteiger partial charge is 0.506 e. The second kappa shape index (κ2) is 5.68. The van der Waals surface area contributed by atoms with E-state index in [2.05, 4.69) is 31.9 Å². The van der Waals surface area contributed by atoms with Crippen LogP contribution < -0.4 is 4.74 Å². The highest BCUT2D eigenvalue weighted by molar-refractivity contribution is 9.11. The third-order valence-corrected chi connectivity index (χ3v) is 3.66. The number of phenolic OH excluding ortho intramolecular Hbond substituents is 2. The van der Waals surface area contributed by atoms with Crippen LogP contribution in [0.15, 0.2) is 39.3 Å². The topological polar surface area (TPSA) is 92.8 Å². The van der Waals surface area contributed by atoms with E-state index >= 15 is 0 Å². The van der Waals surface area contributed by atoms with Gasteiger partial charge < -0.3 is 14.9 Å². The Balaban J connectivity index is 2.42. The van der Waals surface area contributed by atoms with Gasteiger partial charge in [-0.1, -0.05) is 15.9 Å². The summed E-state index contributed by atoms with van der Waals surface area (Å²) in [6.07, 6.45) is 0. The van der Waals surface area contributed by atoms with Crippen LogP contribution in [0.1, 0.15) is 0 Å². The molecule has 8 heteroatoms. The fraction of sp³-hybridized carbons (Fsp3) is 0. The molecule has 0 atom stereocenters. The van der Waals surface area contributed by atoms with Gasteiger partial charge in [0.25, 0.3) is 0 Å². The number of halogens is 2. The molecule has 0 radical (unpaired) electrons. The maximum atomic E-state index is 11.0. The second-order valence-corrected chi connectivity index (χ2v) is 5.46. The van der Waals surface area contributed by atoms with Crippen molar-refractivity contribution in [1.82, 2.24) is 0 Å². The summed E-state index contributed by atoms with van der Waals surface area (Å²) in [6, 6.07) is 6.76. The normalized spacial score (nSPS) is 10.3. The molecule has 0 amide bonds. The summed E-state index contributed by atoms with van der Waals surface area (Å²) in [6.45, 7) is 0. The van der Waals surface area contributed by atoms with Gasteiger partial charge in [0.05, 0.1) is 4.92 Å². The summed E-state index contributed by atoms with van der Waals surface area (Å²) in [5, 5.41) is 30.1. The van der Waals surface area contributed by atoms with Gasteiger partial charge in [0.15, 0.2) is 0 Å². The van der Waals surface area contributed by atoms with Crippen LogP contribution in [0.4, 0.5) is 5.69 Å². The Morgan fingerprint density at radius 1 is 1.10 bits per heavy atom. The first kappa shape index (κ1) is 14.6. The van der Waals surface area contributed by atoms with E-state index in [-0.39, 0.29) is 33.2 Å². The van der Waals surface area contributed by atoms with E-state index in [1.807, 2.05) is 0 Å². The molecule has 0 heterocycles. The van der Waals surface area contributed by atoms with Gasteiger partial charge in [-0.3, -0.25) is 10.1 Å². The number of ether oxygens (including phenoxy) is 1. The minimum atomic E-state index is -0.585. The molecule has 0 unspecified atom stereocenters. The molecule has 2 aromatic carbocycles. The fourth-order valence-corrected chi connectivity index (χ4v) is 2.05. The van der Waals surface area contributed by atoms with Crippen molar-refractivity contribution in [2.24, 2.45) is 0 Å². The Morgan fingerprint density at radius 2 is 1.70 bits per heavy atom. The third kappa shape index (κ3) is 3.02. The zero-order valence-electron chi connectivity index (χ0n) is 9.71. The van der Waals surface area contributed by atoms with E-state index in [0.717, 1.165) is 0 Å². The zero-order valence-corrected chi connectivity index (χ0v) is 12.9. The van der Waals surface area contributed by atoms with E-state index in [1.165, 1.54) is 24.3 Å². The zero-order chi connectivity index (χ0) is 14.9. The molecule has 0 aromatic heterocycles. The van der Waals surface area contributed by atoms with Crippen molar-refractivity contribution in [3.8, 4) is 23.0 Å². The first-order valence-corrected chi connectivity index (χ1v) is 6.80. The summed E-state index contributed by atoms with van der Waals surface area (Å²) < 4.78 is 6.00. The van der Waals surface area contributed by atoms with Crippen LogP contribution in [-0.2, 0) is 0 Å². The molecule has 0 spiro atoms. The Hall–Kier alpha value is -1.80. The van der Waals surface area contributed by atoms with Gasteiger partial charge in [0, 0.05) is 22.7 Å². The van der Waals surface area contributed by atoms with Crippen molar-refractivity contribution in [2.45, 2.75) is 0 Å². The first-order valence-electron chi connectivity index (χ1n) is 5.21. The predicted octanol–water partition coefficient (Wildman–Crippen LogP) is 4.32. The molecule has 0 aliphatic carbocycles. The maximum Gasteiger partial charge on any atom is 0.312 e. The number of aromatic hydroxyl groups is 2. The minimum absolute atomic E-state index is 0.000627. The van der Waals surface area contributed by atoms with Crippen LogP contribution >= 0.6 is 31.9 Å². The van der Waals surface area contributed by atoms with Crippen molar-refractivity contribution in [2.75, 3.05) is 0 Å². The molecule has 0 fully saturated rings. The highest BCUT2D eigenvalue weighted by Gasteiger charge is 2.17. The van der Waals surface area contributed by atoms with Gasteiger partial charge >= 0.3 is 5.69 Å². The molecule has 0 aliphatic heterocycles. The second-order valence-electron chi connectivity index (χ2n) is 3.75. The van der Waals surface area contributed by atoms with Crippen molar-refractivity contribution < 1.29 is 19.9 Å². The van der Waals surface area contributed by atoms with E-state index in [4.69, 9.17) is 4.74 Å². The molecule has 2 aromatic rings. The minimum Gasteiger partial charge on any atom is -0.506 e. The molecular formula is C12H7Br2NO5. The summed E-state index contributed by atoms with van der Waals surface area (Å²) >= 11 is 6.11. The van der Waals surface area contributed by atoms with Gasteiger partial charge in [-0.25, -0.2) is 0 Å². The monoisotopic (exact) mass is 403 g/mol. The van der Waals surface area contributed by atoms with Gasteiger partial charge in [0.1, 0.15) is 21.7 Å². The molecular weight excluding hydrogens is 398 g/mol. The van der Waals surface area contributed by atoms with E-state index in [9.17, 15) is 20.3 Å². The SMILES string of the molecule is O=[N+]([O-])c1cc(Br)ccc1Oc1cc(O)c(Br)c(O)c1. The van der Waals surface area contributed by atoms with Gasteiger partial charge in [-0.05, 0) is 28.1 Å². The van der Waals surface area contributed by atoms with Gasteiger partial charge in [-0.15, -0.1) is 0 Å². The highest BCUT2D eigenvalue weighted by Crippen LogP contribution is 2.40. The lowest BCUT2D eigenvalue weighted by Gasteiger charge is -2.08. The van der Waals surface area contributed by atoms with Crippen LogP contribution in [0.3, 0.4) is 0 Å². The Kier molecular flexibility index (Phi) is 4.15. The maximum absolute atomic E-state index is 11.0. The average Bonchev–Trinajstić information content (AvgIpc) is 2.37. The number of rotatable bonds is 3. The van der Waals surface area contributed by atoms with Crippen molar-refractivity contribution in [1.29, 1.82) is 0 Å². The van der Waals surface area contributed by atoms with Gasteiger partial charge in [-0.2, -0.15) is 0 Å². The van der Waals surface area contributed by atoms with E-state index in [1.54, 1.807) is 6.07 Å². The quantitative estimate of drug-likeness (QED) is 0.586. The molecule has 0 saturated carbocycles. The molecule has 2 N–H and O–H groups in total. The van der Waals surface area contributed by atoms with Crippen LogP contribution in [0.2, 0.25) is 0 Å². The van der Waals surface area contributed by atoms with Gasteiger partial charge in [0.2, 0.25) is 5.75 Å². The molecule has 2 rings (SSSR count). The summed E-state index contributed by atoms with van der Waals surface area (Å²) in [5.41, 5.74) is -0.235. The lowest BCUT2D eigenvalue weighted by Crippen LogP contribution is -1.93. The Labute approximate surface area is 130 Å². The number of nitrogens with zero attached hydrogens (tertiary/aromatic N) is 1. The Bertz CT molecular complexity index is 667. The van der Waals surface area contributed by atoms with Crippen LogP contribution in [0.5, 0.6) is 23.0 Å². The van der Waals surface area contributed by atoms with Crippen molar-refractivity contribution >= 4 is 37.5 Å². The molecule has 6 nitrogen and oxygen atoms in total. The lowest BCUT2D eigenvalue weighted by atomic mass is 10.3. The molecule has 0 saturated heterocycles. The smallest absolute Gasteiger partial charge is 0.312 e. The van der Waals surface area contributed by atoms with Crippen LogP contribution in [-0.4, -0.2) is 15.1 Å². The number of nitro groups is 1. The highest BCUT2D eigenvalue weighted by atomic mass is 79.9. The predicted molar refractivity (Wildman–Crippen MR) is 78.3 cm³/mol. The van der Waals surface area contributed by atoms with Crippen molar-refractivity contribution in [3.05, 3.63) is 49.4 Å². The van der Waals surface area contributed by atoms with E-state index < -0.39 is 4.92 Å². The number of hydrogen-bond acceptors (Lipinski definition) is 5. The molecule has 104 valence electrons. The Morgan fingerprint density at radius 3 is 2.25 bits per heavy atom. The third-order valence-electron chi connectivity index (χ3n) is 2.35.